The monoisotopic (exact) mass is 339 g/mol. The molecule has 0 fully saturated rings. The van der Waals surface area contributed by atoms with Crippen molar-refractivity contribution in [3.8, 4) is 11.1 Å². The lowest BCUT2D eigenvalue weighted by Crippen LogP contribution is -2.38. The Balaban J connectivity index is 2.65. The van der Waals surface area contributed by atoms with E-state index in [0.717, 1.165) is 21.3 Å². The fraction of sp³-hybridized carbons (Fsp3) is 0.278. The van der Waals surface area contributed by atoms with E-state index in [0.29, 0.717) is 16.5 Å². The molecule has 0 aliphatic carbocycles. The Morgan fingerprint density at radius 1 is 1.12 bits per heavy atom. The van der Waals surface area contributed by atoms with Gasteiger partial charge in [0.15, 0.2) is 5.65 Å². The molecular formula is C18H21N5O2. The Labute approximate surface area is 144 Å². The van der Waals surface area contributed by atoms with Gasteiger partial charge in [-0.05, 0) is 25.0 Å². The number of fused-ring (bicyclic) bond motifs is 1. The van der Waals surface area contributed by atoms with Crippen LogP contribution in [0.15, 0.2) is 27.8 Å². The normalized spacial score (nSPS) is 11.2. The summed E-state index contributed by atoms with van der Waals surface area (Å²) in [5, 5.41) is 0.353. The smallest absolute Gasteiger partial charge is 0.332 e. The summed E-state index contributed by atoms with van der Waals surface area (Å²) in [5.74, 6) is 0.230. The van der Waals surface area contributed by atoms with E-state index in [-0.39, 0.29) is 18.0 Å². The minimum absolute atomic E-state index is 0.142. The van der Waals surface area contributed by atoms with Gasteiger partial charge in [0.2, 0.25) is 0 Å². The molecule has 3 rings (SSSR count). The van der Waals surface area contributed by atoms with Crippen molar-refractivity contribution < 1.29 is 0 Å². The van der Waals surface area contributed by atoms with Gasteiger partial charge in [-0.3, -0.25) is 13.9 Å². The second kappa shape index (κ2) is 5.86. The Morgan fingerprint density at radius 2 is 1.80 bits per heavy atom. The number of nitrogens with two attached hydrogens (primary N) is 2. The van der Waals surface area contributed by atoms with Crippen LogP contribution >= 0.6 is 0 Å². The molecule has 0 amide bonds. The summed E-state index contributed by atoms with van der Waals surface area (Å²) in [6, 6.07) is 5.95. The Kier molecular flexibility index (Phi) is 3.96. The van der Waals surface area contributed by atoms with E-state index >= 15 is 0 Å². The lowest BCUT2D eigenvalue weighted by atomic mass is 9.93. The van der Waals surface area contributed by atoms with E-state index < -0.39 is 11.2 Å². The van der Waals surface area contributed by atoms with E-state index in [4.69, 9.17) is 11.5 Å². The maximum Gasteiger partial charge on any atom is 0.332 e. The average Bonchev–Trinajstić information content (AvgIpc) is 2.57. The minimum Gasteiger partial charge on any atom is -0.383 e. The molecule has 0 atom stereocenters. The predicted molar refractivity (Wildman–Crippen MR) is 99.4 cm³/mol. The van der Waals surface area contributed by atoms with Gasteiger partial charge < -0.3 is 11.5 Å². The van der Waals surface area contributed by atoms with Crippen LogP contribution in [-0.4, -0.2) is 14.1 Å². The fourth-order valence-electron chi connectivity index (χ4n) is 3.24. The van der Waals surface area contributed by atoms with Gasteiger partial charge in [-0.15, -0.1) is 0 Å². The summed E-state index contributed by atoms with van der Waals surface area (Å²) in [5.41, 5.74) is 15.7. The van der Waals surface area contributed by atoms with Crippen LogP contribution in [0, 0.1) is 13.8 Å². The molecule has 3 aromatic rings. The number of benzene rings is 1. The predicted octanol–water partition coefficient (Wildman–Crippen LogP) is 0.957. The first kappa shape index (κ1) is 16.9. The Hall–Kier alpha value is -2.93. The molecule has 0 bridgehead atoms. The SMILES string of the molecule is Cc1ccc(-c2c(CN)c(N)nc3c2c(=O)n(C)c(=O)n3C)c(C)c1. The highest BCUT2D eigenvalue weighted by atomic mass is 16.2. The van der Waals surface area contributed by atoms with E-state index in [1.807, 2.05) is 32.0 Å². The third-order valence-electron chi connectivity index (χ3n) is 4.58. The molecule has 2 aromatic heterocycles. The summed E-state index contributed by atoms with van der Waals surface area (Å²) >= 11 is 0. The van der Waals surface area contributed by atoms with Crippen molar-refractivity contribution in [2.45, 2.75) is 20.4 Å². The first-order valence-corrected chi connectivity index (χ1v) is 7.93. The second-order valence-corrected chi connectivity index (χ2v) is 6.28. The van der Waals surface area contributed by atoms with Crippen molar-refractivity contribution in [3.05, 3.63) is 55.7 Å². The molecule has 25 heavy (non-hydrogen) atoms. The van der Waals surface area contributed by atoms with Crippen LogP contribution in [0.4, 0.5) is 5.82 Å². The van der Waals surface area contributed by atoms with Gasteiger partial charge in [0.05, 0.1) is 5.39 Å². The van der Waals surface area contributed by atoms with Crippen LogP contribution in [0.25, 0.3) is 22.2 Å². The highest BCUT2D eigenvalue weighted by molar-refractivity contribution is 5.97. The lowest BCUT2D eigenvalue weighted by molar-refractivity contribution is 0.708. The quantitative estimate of drug-likeness (QED) is 0.723. The van der Waals surface area contributed by atoms with Crippen molar-refractivity contribution in [1.82, 2.24) is 14.1 Å². The van der Waals surface area contributed by atoms with Crippen LogP contribution in [-0.2, 0) is 20.6 Å². The van der Waals surface area contributed by atoms with Crippen LogP contribution < -0.4 is 22.7 Å². The number of aromatic nitrogens is 3. The minimum atomic E-state index is -0.448. The van der Waals surface area contributed by atoms with Crippen molar-refractivity contribution in [2.75, 3.05) is 5.73 Å². The average molecular weight is 339 g/mol. The standard InChI is InChI=1S/C18H21N5O2/c1-9-5-6-11(10(2)7-9)13-12(8-19)15(20)21-16-14(13)17(24)23(4)18(25)22(16)3/h5-7H,8,19H2,1-4H3,(H2,20,21). The molecular weight excluding hydrogens is 318 g/mol. The van der Waals surface area contributed by atoms with Crippen molar-refractivity contribution >= 4 is 16.9 Å². The van der Waals surface area contributed by atoms with Gasteiger partial charge in [-0.2, -0.15) is 0 Å². The molecule has 0 aliphatic heterocycles. The van der Waals surface area contributed by atoms with E-state index in [9.17, 15) is 9.59 Å². The zero-order chi connectivity index (χ0) is 18.5. The summed E-state index contributed by atoms with van der Waals surface area (Å²) in [6.07, 6.45) is 0. The molecule has 0 aliphatic rings. The molecule has 7 nitrogen and oxygen atoms in total. The van der Waals surface area contributed by atoms with Crippen molar-refractivity contribution in [3.63, 3.8) is 0 Å². The van der Waals surface area contributed by atoms with Crippen LogP contribution in [0.3, 0.4) is 0 Å². The Morgan fingerprint density at radius 3 is 2.40 bits per heavy atom. The third kappa shape index (κ3) is 2.44. The number of pyridine rings is 1. The number of rotatable bonds is 2. The topological polar surface area (TPSA) is 109 Å². The van der Waals surface area contributed by atoms with Crippen molar-refractivity contribution in [1.29, 1.82) is 0 Å². The van der Waals surface area contributed by atoms with Gasteiger partial charge in [0.1, 0.15) is 5.82 Å². The highest BCUT2D eigenvalue weighted by Gasteiger charge is 2.21. The maximum atomic E-state index is 12.9. The molecule has 0 spiro atoms. The number of hydrogen-bond donors (Lipinski definition) is 2. The first-order valence-electron chi connectivity index (χ1n) is 7.93. The number of nitrogen functional groups attached to an aromatic ring is 1. The summed E-state index contributed by atoms with van der Waals surface area (Å²) in [4.78, 5) is 29.4. The lowest BCUT2D eigenvalue weighted by Gasteiger charge is -2.17. The molecule has 130 valence electrons. The first-order chi connectivity index (χ1) is 11.8. The number of aryl methyl sites for hydroxylation is 3. The summed E-state index contributed by atoms with van der Waals surface area (Å²) in [6.45, 7) is 4.11. The van der Waals surface area contributed by atoms with Gasteiger partial charge in [0, 0.05) is 31.8 Å². The van der Waals surface area contributed by atoms with Gasteiger partial charge in [0.25, 0.3) is 5.56 Å². The van der Waals surface area contributed by atoms with Crippen LogP contribution in [0.2, 0.25) is 0 Å². The molecule has 1 aromatic carbocycles. The largest absolute Gasteiger partial charge is 0.383 e. The number of anilines is 1. The van der Waals surface area contributed by atoms with E-state index in [1.165, 1.54) is 11.6 Å². The van der Waals surface area contributed by atoms with Crippen LogP contribution in [0.1, 0.15) is 16.7 Å². The third-order valence-corrected chi connectivity index (χ3v) is 4.58. The van der Waals surface area contributed by atoms with Gasteiger partial charge >= 0.3 is 5.69 Å². The molecule has 0 saturated heterocycles. The van der Waals surface area contributed by atoms with Crippen molar-refractivity contribution in [2.24, 2.45) is 19.8 Å². The molecule has 2 heterocycles. The molecule has 0 unspecified atom stereocenters. The zero-order valence-corrected chi connectivity index (χ0v) is 14.8. The summed E-state index contributed by atoms with van der Waals surface area (Å²) < 4.78 is 2.41. The summed E-state index contributed by atoms with van der Waals surface area (Å²) in [7, 11) is 3.03. The van der Waals surface area contributed by atoms with E-state index in [1.54, 1.807) is 7.05 Å². The molecule has 7 heteroatoms. The highest BCUT2D eigenvalue weighted by Crippen LogP contribution is 2.34. The zero-order valence-electron chi connectivity index (χ0n) is 14.8. The van der Waals surface area contributed by atoms with Gasteiger partial charge in [-0.1, -0.05) is 23.8 Å². The van der Waals surface area contributed by atoms with Crippen LogP contribution in [0.5, 0.6) is 0 Å². The van der Waals surface area contributed by atoms with E-state index in [2.05, 4.69) is 4.98 Å². The Bertz CT molecular complexity index is 1130. The van der Waals surface area contributed by atoms with Gasteiger partial charge in [-0.25, -0.2) is 9.78 Å². The number of hydrogen-bond acceptors (Lipinski definition) is 5. The molecule has 0 radical (unpaired) electrons. The second-order valence-electron chi connectivity index (χ2n) is 6.28. The molecule has 0 saturated carbocycles. The fourth-order valence-corrected chi connectivity index (χ4v) is 3.24. The number of nitrogens with zero attached hydrogens (tertiary/aromatic N) is 3. The maximum absolute atomic E-state index is 12.9. The molecule has 4 N–H and O–H groups in total.